The molecule has 0 saturated heterocycles. The quantitative estimate of drug-likeness (QED) is 0.561. The fourth-order valence-electron chi connectivity index (χ4n) is 4.24. The van der Waals surface area contributed by atoms with Crippen LogP contribution in [-0.4, -0.2) is 0 Å². The average molecular weight is 321 g/mol. The lowest BCUT2D eigenvalue weighted by Crippen LogP contribution is -2.18. The first-order chi connectivity index (χ1) is 11.2. The van der Waals surface area contributed by atoms with Crippen molar-refractivity contribution in [3.63, 3.8) is 0 Å². The lowest BCUT2D eigenvalue weighted by atomic mass is 9.78. The van der Waals surface area contributed by atoms with Gasteiger partial charge in [-0.15, -0.1) is 0 Å². The van der Waals surface area contributed by atoms with E-state index in [0.29, 0.717) is 5.92 Å². The molecule has 0 unspecified atom stereocenters. The largest absolute Gasteiger partial charge is 0.0648 e. The molecular formula is C24H32. The average Bonchev–Trinajstić information content (AvgIpc) is 2.76. The Labute approximate surface area is 148 Å². The maximum Gasteiger partial charge on any atom is 0.0159 e. The van der Waals surface area contributed by atoms with Gasteiger partial charge in [0.2, 0.25) is 0 Å². The summed E-state index contributed by atoms with van der Waals surface area (Å²) in [6.45, 7) is 16.3. The van der Waals surface area contributed by atoms with Crippen LogP contribution in [-0.2, 0) is 10.8 Å². The molecule has 0 aromatic heterocycles. The Kier molecular flexibility index (Phi) is 4.14. The fourth-order valence-corrected chi connectivity index (χ4v) is 4.24. The zero-order chi connectivity index (χ0) is 17.7. The molecule has 0 aliphatic heterocycles. The number of fused-ring (bicyclic) bond motifs is 3. The normalized spacial score (nSPS) is 15.5. The highest BCUT2D eigenvalue weighted by Crippen LogP contribution is 2.50. The Balaban J connectivity index is 2.15. The number of hydrogen-bond acceptors (Lipinski definition) is 0. The molecule has 2 aromatic carbocycles. The minimum atomic E-state index is 0.0912. The minimum absolute atomic E-state index is 0.0912. The Hall–Kier alpha value is -1.56. The Morgan fingerprint density at radius 2 is 1.38 bits per heavy atom. The molecule has 0 N–H and O–H groups in total. The Bertz CT molecular complexity index is 752. The molecule has 0 spiro atoms. The van der Waals surface area contributed by atoms with Crippen LogP contribution in [0.3, 0.4) is 0 Å². The van der Waals surface area contributed by atoms with Gasteiger partial charge in [-0.05, 0) is 57.6 Å². The van der Waals surface area contributed by atoms with Gasteiger partial charge in [-0.3, -0.25) is 0 Å². The Morgan fingerprint density at radius 1 is 0.833 bits per heavy atom. The molecule has 0 amide bonds. The number of benzene rings is 2. The molecule has 0 saturated carbocycles. The van der Waals surface area contributed by atoms with Gasteiger partial charge in [0.1, 0.15) is 0 Å². The van der Waals surface area contributed by atoms with Gasteiger partial charge >= 0.3 is 0 Å². The van der Waals surface area contributed by atoms with Gasteiger partial charge in [0, 0.05) is 5.41 Å². The number of rotatable bonds is 3. The predicted octanol–water partition coefficient (Wildman–Crippen LogP) is 7.19. The lowest BCUT2D eigenvalue weighted by Gasteiger charge is -2.26. The maximum atomic E-state index is 2.49. The van der Waals surface area contributed by atoms with Gasteiger partial charge in [0.05, 0.1) is 0 Å². The van der Waals surface area contributed by atoms with Crippen molar-refractivity contribution in [3.05, 3.63) is 58.7 Å². The monoisotopic (exact) mass is 320 g/mol. The van der Waals surface area contributed by atoms with Crippen molar-refractivity contribution in [2.24, 2.45) is 0 Å². The van der Waals surface area contributed by atoms with Crippen LogP contribution < -0.4 is 0 Å². The second-order valence-corrected chi connectivity index (χ2v) is 8.95. The highest BCUT2D eigenvalue weighted by molar-refractivity contribution is 5.81. The Morgan fingerprint density at radius 3 is 1.92 bits per heavy atom. The highest BCUT2D eigenvalue weighted by Gasteiger charge is 2.36. The van der Waals surface area contributed by atoms with Crippen LogP contribution in [0.4, 0.5) is 0 Å². The summed E-state index contributed by atoms with van der Waals surface area (Å²) in [7, 11) is 0. The molecule has 128 valence electrons. The molecule has 0 bridgehead atoms. The van der Waals surface area contributed by atoms with Gasteiger partial charge in [-0.2, -0.15) is 0 Å². The predicted molar refractivity (Wildman–Crippen MR) is 106 cm³/mol. The lowest BCUT2D eigenvalue weighted by molar-refractivity contribution is 0.584. The van der Waals surface area contributed by atoms with Gasteiger partial charge in [0.15, 0.2) is 0 Å². The molecule has 0 heterocycles. The van der Waals surface area contributed by atoms with Gasteiger partial charge in [-0.1, -0.05) is 84.9 Å². The van der Waals surface area contributed by atoms with Crippen LogP contribution >= 0.6 is 0 Å². The van der Waals surface area contributed by atoms with E-state index in [2.05, 4.69) is 84.9 Å². The molecule has 0 fully saturated rings. The van der Waals surface area contributed by atoms with Crippen molar-refractivity contribution in [3.8, 4) is 11.1 Å². The summed E-state index contributed by atoms with van der Waals surface area (Å²) in [5.74, 6) is 0.681. The third kappa shape index (κ3) is 2.61. The second kappa shape index (κ2) is 5.76. The molecule has 0 nitrogen and oxygen atoms in total. The molecule has 1 aliphatic rings. The van der Waals surface area contributed by atoms with E-state index in [-0.39, 0.29) is 10.8 Å². The van der Waals surface area contributed by atoms with E-state index in [1.54, 1.807) is 0 Å². The smallest absolute Gasteiger partial charge is 0.0159 e. The SMILES string of the molecule is CCC(CC)c1ccc2c(c1)C(C)(C)c1cc(C(C)(C)C)ccc1-2. The molecular weight excluding hydrogens is 288 g/mol. The molecule has 1 aliphatic carbocycles. The van der Waals surface area contributed by atoms with Crippen molar-refractivity contribution in [1.29, 1.82) is 0 Å². The second-order valence-electron chi connectivity index (χ2n) is 8.95. The zero-order valence-electron chi connectivity index (χ0n) is 16.5. The van der Waals surface area contributed by atoms with Crippen LogP contribution in [0.5, 0.6) is 0 Å². The van der Waals surface area contributed by atoms with Gasteiger partial charge in [-0.25, -0.2) is 0 Å². The van der Waals surface area contributed by atoms with Crippen LogP contribution in [0.25, 0.3) is 11.1 Å². The third-order valence-electron chi connectivity index (χ3n) is 6.02. The van der Waals surface area contributed by atoms with Crippen LogP contribution in [0.15, 0.2) is 36.4 Å². The summed E-state index contributed by atoms with van der Waals surface area (Å²) >= 11 is 0. The third-order valence-corrected chi connectivity index (χ3v) is 6.02. The summed E-state index contributed by atoms with van der Waals surface area (Å²) in [5.41, 5.74) is 9.09. The molecule has 3 rings (SSSR count). The summed E-state index contributed by atoms with van der Waals surface area (Å²) in [6.07, 6.45) is 2.44. The molecule has 0 radical (unpaired) electrons. The first-order valence-corrected chi connectivity index (χ1v) is 9.50. The topological polar surface area (TPSA) is 0 Å². The fraction of sp³-hybridized carbons (Fsp3) is 0.500. The van der Waals surface area contributed by atoms with Crippen molar-refractivity contribution in [1.82, 2.24) is 0 Å². The first-order valence-electron chi connectivity index (χ1n) is 9.50. The minimum Gasteiger partial charge on any atom is -0.0648 e. The molecule has 0 atom stereocenters. The van der Waals surface area contributed by atoms with Crippen molar-refractivity contribution in [2.45, 2.75) is 78.1 Å². The maximum absolute atomic E-state index is 2.49. The van der Waals surface area contributed by atoms with Crippen molar-refractivity contribution >= 4 is 0 Å². The number of hydrogen-bond donors (Lipinski definition) is 0. The molecule has 0 heteroatoms. The van der Waals surface area contributed by atoms with Crippen molar-refractivity contribution in [2.75, 3.05) is 0 Å². The molecule has 2 aromatic rings. The van der Waals surface area contributed by atoms with E-state index in [4.69, 9.17) is 0 Å². The van der Waals surface area contributed by atoms with Crippen LogP contribution in [0, 0.1) is 0 Å². The van der Waals surface area contributed by atoms with E-state index in [1.165, 1.54) is 46.2 Å². The van der Waals surface area contributed by atoms with E-state index in [9.17, 15) is 0 Å². The van der Waals surface area contributed by atoms with Crippen LogP contribution in [0.2, 0.25) is 0 Å². The summed E-state index contributed by atoms with van der Waals surface area (Å²) in [4.78, 5) is 0. The highest BCUT2D eigenvalue weighted by atomic mass is 14.4. The van der Waals surface area contributed by atoms with E-state index < -0.39 is 0 Å². The first kappa shape index (κ1) is 17.3. The summed E-state index contributed by atoms with van der Waals surface area (Å²) in [6, 6.07) is 14.3. The van der Waals surface area contributed by atoms with Gasteiger partial charge in [0.25, 0.3) is 0 Å². The summed E-state index contributed by atoms with van der Waals surface area (Å²) in [5, 5.41) is 0. The van der Waals surface area contributed by atoms with E-state index in [1.807, 2.05) is 0 Å². The molecule has 24 heavy (non-hydrogen) atoms. The van der Waals surface area contributed by atoms with Crippen molar-refractivity contribution < 1.29 is 0 Å². The van der Waals surface area contributed by atoms with Gasteiger partial charge < -0.3 is 0 Å². The van der Waals surface area contributed by atoms with Crippen LogP contribution in [0.1, 0.15) is 89.5 Å². The zero-order valence-corrected chi connectivity index (χ0v) is 16.5. The van der Waals surface area contributed by atoms with E-state index >= 15 is 0 Å². The van der Waals surface area contributed by atoms with E-state index in [0.717, 1.165) is 0 Å². The summed E-state index contributed by atoms with van der Waals surface area (Å²) < 4.78 is 0. The standard InChI is InChI=1S/C24H32/c1-8-16(9-2)17-10-12-19-20-13-11-18(23(3,4)5)15-22(20)24(6,7)21(19)14-17/h10-16H,8-9H2,1-7H3.